The normalized spacial score (nSPS) is 10.8. The molecule has 0 fully saturated rings. The van der Waals surface area contributed by atoms with Gasteiger partial charge in [-0.25, -0.2) is 4.79 Å². The van der Waals surface area contributed by atoms with Gasteiger partial charge in [-0.05, 0) is 27.0 Å². The standard InChI is InChI=1S/C12H19N3O3S/c1-7(2)15(5-6-16)11(17)9-8(3)13-12(18)14-10(9)19-4/h7,16H,5-6H2,1-4H3,(H,13,14,18). The summed E-state index contributed by atoms with van der Waals surface area (Å²) in [4.78, 5) is 31.8. The molecule has 0 spiro atoms. The summed E-state index contributed by atoms with van der Waals surface area (Å²) in [5, 5.41) is 9.46. The van der Waals surface area contributed by atoms with E-state index in [0.29, 0.717) is 16.3 Å². The van der Waals surface area contributed by atoms with Crippen molar-refractivity contribution < 1.29 is 9.90 Å². The van der Waals surface area contributed by atoms with Crippen molar-refractivity contribution in [3.63, 3.8) is 0 Å². The summed E-state index contributed by atoms with van der Waals surface area (Å²) in [7, 11) is 0. The first-order chi connectivity index (χ1) is 8.92. The molecule has 7 heteroatoms. The number of hydrogen-bond acceptors (Lipinski definition) is 5. The van der Waals surface area contributed by atoms with Crippen LogP contribution in [0.15, 0.2) is 9.82 Å². The Morgan fingerprint density at radius 3 is 2.63 bits per heavy atom. The molecule has 1 aromatic rings. The van der Waals surface area contributed by atoms with Crippen molar-refractivity contribution in [2.75, 3.05) is 19.4 Å². The largest absolute Gasteiger partial charge is 0.395 e. The van der Waals surface area contributed by atoms with Crippen LogP contribution in [0.5, 0.6) is 0 Å². The van der Waals surface area contributed by atoms with Gasteiger partial charge >= 0.3 is 5.69 Å². The maximum atomic E-state index is 12.5. The number of nitrogens with one attached hydrogen (secondary N) is 1. The second kappa shape index (κ2) is 6.72. The first kappa shape index (κ1) is 15.7. The number of carbonyl (C=O) groups excluding carboxylic acids is 1. The maximum Gasteiger partial charge on any atom is 0.346 e. The molecule has 6 nitrogen and oxygen atoms in total. The zero-order valence-corrected chi connectivity index (χ0v) is 12.4. The quantitative estimate of drug-likeness (QED) is 0.612. The highest BCUT2D eigenvalue weighted by molar-refractivity contribution is 7.98. The van der Waals surface area contributed by atoms with Gasteiger partial charge in [-0.2, -0.15) is 4.98 Å². The van der Waals surface area contributed by atoms with E-state index in [-0.39, 0.29) is 25.1 Å². The summed E-state index contributed by atoms with van der Waals surface area (Å²) < 4.78 is 0. The molecule has 0 unspecified atom stereocenters. The Morgan fingerprint density at radius 2 is 2.16 bits per heavy atom. The molecule has 1 aromatic heterocycles. The Morgan fingerprint density at radius 1 is 1.53 bits per heavy atom. The van der Waals surface area contributed by atoms with E-state index in [9.17, 15) is 9.59 Å². The van der Waals surface area contributed by atoms with Crippen molar-refractivity contribution >= 4 is 17.7 Å². The SMILES string of the molecule is CSc1nc(=O)[nH]c(C)c1C(=O)N(CCO)C(C)C. The Balaban J connectivity index is 3.28. The summed E-state index contributed by atoms with van der Waals surface area (Å²) in [6.07, 6.45) is 1.77. The summed E-state index contributed by atoms with van der Waals surface area (Å²) >= 11 is 1.26. The molecule has 0 atom stereocenters. The second-order valence-corrected chi connectivity index (χ2v) is 5.16. The molecule has 0 saturated heterocycles. The Kier molecular flexibility index (Phi) is 5.56. The van der Waals surface area contributed by atoms with E-state index in [1.165, 1.54) is 11.8 Å². The fourth-order valence-electron chi connectivity index (χ4n) is 1.80. The molecule has 0 bridgehead atoms. The number of rotatable bonds is 5. The molecule has 2 N–H and O–H groups in total. The lowest BCUT2D eigenvalue weighted by Crippen LogP contribution is -2.40. The number of nitrogens with zero attached hydrogens (tertiary/aromatic N) is 2. The molecule has 0 radical (unpaired) electrons. The van der Waals surface area contributed by atoms with Gasteiger partial charge in [0.1, 0.15) is 5.03 Å². The summed E-state index contributed by atoms with van der Waals surface area (Å²) in [6, 6.07) is -0.0410. The van der Waals surface area contributed by atoms with Crippen LogP contribution in [0, 0.1) is 6.92 Å². The predicted molar refractivity (Wildman–Crippen MR) is 74.6 cm³/mol. The minimum atomic E-state index is -0.461. The van der Waals surface area contributed by atoms with Crippen LogP contribution < -0.4 is 5.69 Å². The second-order valence-electron chi connectivity index (χ2n) is 4.37. The lowest BCUT2D eigenvalue weighted by atomic mass is 10.2. The number of hydrogen-bond donors (Lipinski definition) is 2. The molecule has 1 rings (SSSR count). The van der Waals surface area contributed by atoms with Gasteiger partial charge in [0.2, 0.25) is 0 Å². The highest BCUT2D eigenvalue weighted by Crippen LogP contribution is 2.20. The molecule has 0 aliphatic carbocycles. The topological polar surface area (TPSA) is 86.3 Å². The zero-order chi connectivity index (χ0) is 14.6. The van der Waals surface area contributed by atoms with Gasteiger partial charge in [0.15, 0.2) is 0 Å². The van der Waals surface area contributed by atoms with Crippen LogP contribution in [0.2, 0.25) is 0 Å². The highest BCUT2D eigenvalue weighted by Gasteiger charge is 2.24. The average molecular weight is 285 g/mol. The van der Waals surface area contributed by atoms with E-state index in [0.717, 1.165) is 0 Å². The monoisotopic (exact) mass is 285 g/mol. The van der Waals surface area contributed by atoms with Crippen molar-refractivity contribution in [1.82, 2.24) is 14.9 Å². The zero-order valence-electron chi connectivity index (χ0n) is 11.6. The smallest absolute Gasteiger partial charge is 0.346 e. The minimum Gasteiger partial charge on any atom is -0.395 e. The summed E-state index contributed by atoms with van der Waals surface area (Å²) in [6.45, 7) is 5.58. The van der Waals surface area contributed by atoms with E-state index in [2.05, 4.69) is 9.97 Å². The van der Waals surface area contributed by atoms with Gasteiger partial charge in [0, 0.05) is 18.3 Å². The Labute approximate surface area is 116 Å². The number of aliphatic hydroxyl groups is 1. The lowest BCUT2D eigenvalue weighted by Gasteiger charge is -2.27. The van der Waals surface area contributed by atoms with E-state index >= 15 is 0 Å². The molecule has 1 heterocycles. The van der Waals surface area contributed by atoms with Gasteiger partial charge in [0.25, 0.3) is 5.91 Å². The number of aliphatic hydroxyl groups excluding tert-OH is 1. The van der Waals surface area contributed by atoms with Crippen molar-refractivity contribution in [3.8, 4) is 0 Å². The van der Waals surface area contributed by atoms with Gasteiger partial charge in [-0.15, -0.1) is 11.8 Å². The third-order valence-corrected chi connectivity index (χ3v) is 3.40. The van der Waals surface area contributed by atoms with Crippen LogP contribution in [0.4, 0.5) is 0 Å². The number of carbonyl (C=O) groups is 1. The molecule has 0 aliphatic heterocycles. The number of aryl methyl sites for hydroxylation is 1. The predicted octanol–water partition coefficient (Wildman–Crippen LogP) is 0.643. The minimum absolute atomic E-state index is 0.0410. The van der Waals surface area contributed by atoms with Crippen molar-refractivity contribution in [2.45, 2.75) is 31.8 Å². The van der Waals surface area contributed by atoms with Crippen molar-refractivity contribution in [2.24, 2.45) is 0 Å². The van der Waals surface area contributed by atoms with Gasteiger partial charge in [0.05, 0.1) is 12.2 Å². The highest BCUT2D eigenvalue weighted by atomic mass is 32.2. The number of aromatic nitrogens is 2. The van der Waals surface area contributed by atoms with Crippen molar-refractivity contribution in [3.05, 3.63) is 21.7 Å². The molecular formula is C12H19N3O3S. The van der Waals surface area contributed by atoms with E-state index < -0.39 is 5.69 Å². The number of H-pyrrole nitrogens is 1. The third-order valence-electron chi connectivity index (χ3n) is 2.72. The van der Waals surface area contributed by atoms with Gasteiger partial charge < -0.3 is 15.0 Å². The fourth-order valence-corrected chi connectivity index (χ4v) is 2.42. The fraction of sp³-hybridized carbons (Fsp3) is 0.583. The third kappa shape index (κ3) is 3.57. The first-order valence-corrected chi connectivity index (χ1v) is 7.21. The van der Waals surface area contributed by atoms with Crippen LogP contribution >= 0.6 is 11.8 Å². The maximum absolute atomic E-state index is 12.5. The summed E-state index contributed by atoms with van der Waals surface area (Å²) in [5.41, 5.74) is 0.434. The Hall–Kier alpha value is -1.34. The summed E-state index contributed by atoms with van der Waals surface area (Å²) in [5.74, 6) is -0.227. The molecule has 0 saturated carbocycles. The molecule has 0 aliphatic rings. The molecule has 106 valence electrons. The van der Waals surface area contributed by atoms with E-state index in [4.69, 9.17) is 5.11 Å². The first-order valence-electron chi connectivity index (χ1n) is 5.99. The van der Waals surface area contributed by atoms with Crippen LogP contribution in [0.1, 0.15) is 29.9 Å². The molecule has 0 aromatic carbocycles. The van der Waals surface area contributed by atoms with Crippen LogP contribution in [-0.2, 0) is 0 Å². The molecular weight excluding hydrogens is 266 g/mol. The number of thioether (sulfide) groups is 1. The van der Waals surface area contributed by atoms with E-state index in [1.807, 2.05) is 13.8 Å². The van der Waals surface area contributed by atoms with Gasteiger partial charge in [-0.1, -0.05) is 0 Å². The van der Waals surface area contributed by atoms with Gasteiger partial charge in [-0.3, -0.25) is 4.79 Å². The van der Waals surface area contributed by atoms with Crippen molar-refractivity contribution in [1.29, 1.82) is 0 Å². The lowest BCUT2D eigenvalue weighted by molar-refractivity contribution is 0.0659. The van der Waals surface area contributed by atoms with Crippen LogP contribution in [0.3, 0.4) is 0 Å². The molecule has 1 amide bonds. The van der Waals surface area contributed by atoms with E-state index in [1.54, 1.807) is 18.1 Å². The van der Waals surface area contributed by atoms with Crippen LogP contribution in [-0.4, -0.2) is 51.3 Å². The number of amides is 1. The average Bonchev–Trinajstić information content (AvgIpc) is 2.33. The number of aromatic amines is 1. The Bertz CT molecular complexity index is 513. The van der Waals surface area contributed by atoms with Crippen LogP contribution in [0.25, 0.3) is 0 Å². The molecule has 19 heavy (non-hydrogen) atoms.